The molecule has 2 rings (SSSR count). The number of hydrogen-bond donors (Lipinski definition) is 1. The van der Waals surface area contributed by atoms with Crippen molar-refractivity contribution < 1.29 is 4.21 Å². The number of thiazole rings is 1. The van der Waals surface area contributed by atoms with Crippen molar-refractivity contribution in [3.05, 3.63) is 23.2 Å². The van der Waals surface area contributed by atoms with Gasteiger partial charge in [-0.15, -0.1) is 0 Å². The van der Waals surface area contributed by atoms with E-state index in [2.05, 4.69) is 10.3 Å². The Morgan fingerprint density at radius 3 is 3.06 bits per heavy atom. The van der Waals surface area contributed by atoms with Gasteiger partial charge < -0.3 is 5.32 Å². The van der Waals surface area contributed by atoms with Crippen molar-refractivity contribution in [1.82, 2.24) is 4.98 Å². The van der Waals surface area contributed by atoms with Crippen molar-refractivity contribution in [2.45, 2.75) is 12.2 Å². The van der Waals surface area contributed by atoms with E-state index in [-0.39, 0.29) is 5.25 Å². The summed E-state index contributed by atoms with van der Waals surface area (Å²) in [4.78, 5) is 4.43. The molecule has 1 aromatic heterocycles. The smallest absolute Gasteiger partial charge is 0.183 e. The van der Waals surface area contributed by atoms with Crippen molar-refractivity contribution >= 4 is 49.1 Å². The van der Waals surface area contributed by atoms with Crippen LogP contribution in [0.1, 0.15) is 6.92 Å². The third-order valence-corrected chi connectivity index (χ3v) is 4.97. The van der Waals surface area contributed by atoms with E-state index in [9.17, 15) is 4.21 Å². The van der Waals surface area contributed by atoms with Crippen molar-refractivity contribution in [2.24, 2.45) is 0 Å². The summed E-state index contributed by atoms with van der Waals surface area (Å²) in [6.45, 7) is 2.62. The van der Waals surface area contributed by atoms with Gasteiger partial charge in [-0.2, -0.15) is 0 Å². The molecule has 0 bridgehead atoms. The molecular weight excluding hydrogens is 276 g/mol. The summed E-state index contributed by atoms with van der Waals surface area (Å²) < 4.78 is 12.3. The second kappa shape index (κ2) is 5.33. The molecule has 1 heterocycles. The van der Waals surface area contributed by atoms with Gasteiger partial charge in [-0.05, 0) is 25.1 Å². The molecule has 1 N–H and O–H groups in total. The van der Waals surface area contributed by atoms with Gasteiger partial charge in [0.05, 0.1) is 10.2 Å². The van der Waals surface area contributed by atoms with Gasteiger partial charge in [0.25, 0.3) is 0 Å². The van der Waals surface area contributed by atoms with E-state index in [0.29, 0.717) is 6.54 Å². The van der Waals surface area contributed by atoms with E-state index in [1.54, 1.807) is 17.6 Å². The first-order valence-corrected chi connectivity index (χ1v) is 8.00. The topological polar surface area (TPSA) is 42.0 Å². The largest absolute Gasteiger partial charge is 0.360 e. The maximum atomic E-state index is 11.2. The Bertz CT molecular complexity index is 555. The molecule has 2 aromatic rings. The molecule has 0 aliphatic carbocycles. The Labute approximate surface area is 112 Å². The second-order valence-electron chi connectivity index (χ2n) is 3.82. The van der Waals surface area contributed by atoms with Crippen LogP contribution in [0.4, 0.5) is 5.13 Å². The summed E-state index contributed by atoms with van der Waals surface area (Å²) in [6, 6.07) is 5.64. The molecule has 0 aliphatic heterocycles. The first kappa shape index (κ1) is 12.8. The minimum atomic E-state index is -0.812. The van der Waals surface area contributed by atoms with Crippen LogP contribution in [0, 0.1) is 0 Å². The van der Waals surface area contributed by atoms with Gasteiger partial charge in [0.15, 0.2) is 5.13 Å². The summed E-state index contributed by atoms with van der Waals surface area (Å²) in [7, 11) is -0.812. The Kier molecular flexibility index (Phi) is 4.01. The Morgan fingerprint density at radius 1 is 1.59 bits per heavy atom. The van der Waals surface area contributed by atoms with E-state index < -0.39 is 10.8 Å². The fourth-order valence-corrected chi connectivity index (χ4v) is 2.79. The normalized spacial score (nSPS) is 14.8. The summed E-state index contributed by atoms with van der Waals surface area (Å²) in [6.07, 6.45) is 1.71. The molecular formula is C11H13ClN2OS2. The number of hydrogen-bond acceptors (Lipinski definition) is 4. The zero-order valence-electron chi connectivity index (χ0n) is 9.57. The highest BCUT2D eigenvalue weighted by Crippen LogP contribution is 2.28. The molecule has 0 saturated heterocycles. The molecule has 0 radical (unpaired) electrons. The molecule has 17 heavy (non-hydrogen) atoms. The van der Waals surface area contributed by atoms with E-state index >= 15 is 0 Å². The quantitative estimate of drug-likeness (QED) is 0.940. The van der Waals surface area contributed by atoms with Crippen LogP contribution in [0.25, 0.3) is 10.2 Å². The number of halogens is 1. The highest BCUT2D eigenvalue weighted by Gasteiger charge is 2.08. The molecule has 0 fully saturated rings. The van der Waals surface area contributed by atoms with Gasteiger partial charge in [0.1, 0.15) is 0 Å². The number of anilines is 1. The highest BCUT2D eigenvalue weighted by atomic mass is 35.5. The molecule has 2 atom stereocenters. The Morgan fingerprint density at radius 2 is 2.35 bits per heavy atom. The monoisotopic (exact) mass is 288 g/mol. The van der Waals surface area contributed by atoms with Crippen LogP contribution in [0.15, 0.2) is 18.2 Å². The lowest BCUT2D eigenvalue weighted by Crippen LogP contribution is -2.20. The fourth-order valence-electron chi connectivity index (χ4n) is 1.32. The van der Waals surface area contributed by atoms with Crippen LogP contribution in [-0.2, 0) is 10.8 Å². The number of fused-ring (bicyclic) bond motifs is 1. The van der Waals surface area contributed by atoms with Crippen LogP contribution in [-0.4, -0.2) is 27.2 Å². The predicted octanol–water partition coefficient (Wildman–Crippen LogP) is 3.13. The predicted molar refractivity (Wildman–Crippen MR) is 76.6 cm³/mol. The standard InChI is InChI=1S/C11H13ClN2OS2/c1-7(17(2)15)6-13-11-14-9-4-3-8(12)5-10(9)16-11/h3-5,7H,6H2,1-2H3,(H,13,14). The van der Waals surface area contributed by atoms with Crippen LogP contribution >= 0.6 is 22.9 Å². The summed E-state index contributed by atoms with van der Waals surface area (Å²) >= 11 is 7.47. The first-order valence-electron chi connectivity index (χ1n) is 5.18. The highest BCUT2D eigenvalue weighted by molar-refractivity contribution is 7.84. The third kappa shape index (κ3) is 3.18. The number of nitrogens with one attached hydrogen (secondary N) is 1. The fraction of sp³-hybridized carbons (Fsp3) is 0.364. The van der Waals surface area contributed by atoms with E-state index in [4.69, 9.17) is 11.6 Å². The molecule has 1 aromatic carbocycles. The lowest BCUT2D eigenvalue weighted by Gasteiger charge is -2.07. The van der Waals surface area contributed by atoms with Gasteiger partial charge in [0, 0.05) is 33.9 Å². The number of rotatable bonds is 4. The molecule has 0 spiro atoms. The van der Waals surface area contributed by atoms with Crippen molar-refractivity contribution in [2.75, 3.05) is 18.1 Å². The van der Waals surface area contributed by atoms with Crippen molar-refractivity contribution in [3.63, 3.8) is 0 Å². The van der Waals surface area contributed by atoms with Crippen LogP contribution < -0.4 is 5.32 Å². The summed E-state index contributed by atoms with van der Waals surface area (Å²) in [5, 5.41) is 4.89. The lowest BCUT2D eigenvalue weighted by molar-refractivity contribution is 0.679. The molecule has 6 heteroatoms. The SMILES string of the molecule is CC(CNc1nc2ccc(Cl)cc2s1)S(C)=O. The van der Waals surface area contributed by atoms with Gasteiger partial charge in [-0.25, -0.2) is 4.98 Å². The average molecular weight is 289 g/mol. The lowest BCUT2D eigenvalue weighted by atomic mass is 10.3. The molecule has 0 saturated carbocycles. The van der Waals surface area contributed by atoms with Crippen molar-refractivity contribution in [1.29, 1.82) is 0 Å². The van der Waals surface area contributed by atoms with E-state index in [1.165, 1.54) is 0 Å². The second-order valence-corrected chi connectivity index (χ2v) is 7.09. The number of nitrogens with zero attached hydrogens (tertiary/aromatic N) is 1. The van der Waals surface area contributed by atoms with Gasteiger partial charge in [-0.3, -0.25) is 4.21 Å². The molecule has 0 aliphatic rings. The van der Waals surface area contributed by atoms with Gasteiger partial charge in [-0.1, -0.05) is 22.9 Å². The molecule has 2 unspecified atom stereocenters. The maximum absolute atomic E-state index is 11.2. The minimum absolute atomic E-state index is 0.116. The Hall–Kier alpha value is -0.650. The Balaban J connectivity index is 2.12. The average Bonchev–Trinajstić information content (AvgIpc) is 2.67. The van der Waals surface area contributed by atoms with Crippen molar-refractivity contribution in [3.8, 4) is 0 Å². The van der Waals surface area contributed by atoms with Crippen LogP contribution in [0.2, 0.25) is 5.02 Å². The minimum Gasteiger partial charge on any atom is -0.360 e. The zero-order valence-corrected chi connectivity index (χ0v) is 12.0. The number of benzene rings is 1. The molecule has 0 amide bonds. The first-order chi connectivity index (χ1) is 8.06. The van der Waals surface area contributed by atoms with Crippen LogP contribution in [0.5, 0.6) is 0 Å². The van der Waals surface area contributed by atoms with Gasteiger partial charge in [0.2, 0.25) is 0 Å². The maximum Gasteiger partial charge on any atom is 0.183 e. The van der Waals surface area contributed by atoms with E-state index in [1.807, 2.05) is 25.1 Å². The molecule has 3 nitrogen and oxygen atoms in total. The van der Waals surface area contributed by atoms with Gasteiger partial charge >= 0.3 is 0 Å². The third-order valence-electron chi connectivity index (χ3n) is 2.46. The zero-order chi connectivity index (χ0) is 12.4. The summed E-state index contributed by atoms with van der Waals surface area (Å²) in [5.41, 5.74) is 0.937. The van der Waals surface area contributed by atoms with Crippen LogP contribution in [0.3, 0.4) is 0 Å². The van der Waals surface area contributed by atoms with E-state index in [0.717, 1.165) is 20.4 Å². The number of aromatic nitrogens is 1. The molecule has 92 valence electrons. The summed E-state index contributed by atoms with van der Waals surface area (Å²) in [5.74, 6) is 0.